The van der Waals surface area contributed by atoms with Gasteiger partial charge in [0.05, 0.1) is 13.2 Å². The fourth-order valence-corrected chi connectivity index (χ4v) is 6.02. The number of carbonyl (C=O) groups excluding carboxylic acids is 2. The summed E-state index contributed by atoms with van der Waals surface area (Å²) < 4.78 is 32.6. The third kappa shape index (κ3) is 40.4. The van der Waals surface area contributed by atoms with Crippen LogP contribution < -0.4 is 5.73 Å². The molecule has 0 aliphatic carbocycles. The number of esters is 2. The van der Waals surface area contributed by atoms with Crippen molar-refractivity contribution in [2.75, 3.05) is 19.8 Å². The summed E-state index contributed by atoms with van der Waals surface area (Å²) in [5.74, 6) is -2.42. The van der Waals surface area contributed by atoms with E-state index in [2.05, 4.69) is 67.0 Å². The number of phosphoric acid groups is 1. The Labute approximate surface area is 355 Å². The maximum atomic E-state index is 12.6. The number of ether oxygens (including phenoxy) is 2. The molecule has 55 heavy (non-hydrogen) atoms. The normalized spacial score (nSPS) is 14.0. The van der Waals surface area contributed by atoms with Crippen molar-refractivity contribution in [3.63, 3.8) is 0 Å². The van der Waals surface area contributed by atoms with E-state index in [-0.39, 0.29) is 49.0 Å². The monoisotopic (exact) mass is 806 g/mol. The molecule has 0 fully saturated rings. The van der Waals surface area contributed by atoms with E-state index in [1.54, 1.807) is 0 Å². The number of rotatable bonds is 38. The number of carboxylic acids is 1. The van der Waals surface area contributed by atoms with Crippen LogP contribution in [0.3, 0.4) is 0 Å². The largest absolute Gasteiger partial charge is 0.480 e. The van der Waals surface area contributed by atoms with E-state index in [4.69, 9.17) is 24.8 Å². The number of carbonyl (C=O) groups is 3. The maximum absolute atomic E-state index is 12.6. The van der Waals surface area contributed by atoms with E-state index >= 15 is 0 Å². The predicted molar refractivity (Wildman–Crippen MR) is 223 cm³/mol. The quantitative estimate of drug-likeness (QED) is 0.0178. The van der Waals surface area contributed by atoms with Gasteiger partial charge in [-0.2, -0.15) is 0 Å². The van der Waals surface area contributed by atoms with E-state index < -0.39 is 51.1 Å². The zero-order chi connectivity index (χ0) is 40.0. The molecule has 0 aromatic carbocycles. The standard InChI is InChI=1S/C42H74NO10P.Na/c1-3-5-7-9-11-13-15-17-19-21-23-25-27-29-31-33-40(44)50-35-38(36-51-54(48,49)52-37-39(43)42(46)47)53-41(45)34-32-30-28-26-24-22-20-18-16-14-12-10-8-6-4-2;/h11-14,17-20,38-39H,3-10,15-16,21-37,43H2,1-2H3,(H,46,47)(H,48,49);/b13-11-,14-12-,19-17-,20-18-;/t38-,39+;/m1./s1. The number of hydrogen-bond acceptors (Lipinski definition) is 9. The third-order valence-corrected chi connectivity index (χ3v) is 9.50. The van der Waals surface area contributed by atoms with Crippen molar-refractivity contribution in [2.45, 2.75) is 180 Å². The van der Waals surface area contributed by atoms with Crippen molar-refractivity contribution in [1.29, 1.82) is 0 Å². The van der Waals surface area contributed by atoms with Gasteiger partial charge >= 0.3 is 25.7 Å². The molecule has 0 aliphatic heterocycles. The third-order valence-electron chi connectivity index (χ3n) is 8.55. The van der Waals surface area contributed by atoms with E-state index in [9.17, 15) is 23.8 Å². The molecule has 4 N–H and O–H groups in total. The summed E-state index contributed by atoms with van der Waals surface area (Å²) in [4.78, 5) is 45.9. The van der Waals surface area contributed by atoms with Crippen molar-refractivity contribution in [3.05, 3.63) is 48.6 Å². The van der Waals surface area contributed by atoms with Crippen LogP contribution in [0.2, 0.25) is 0 Å². The van der Waals surface area contributed by atoms with Crippen molar-refractivity contribution in [2.24, 2.45) is 5.73 Å². The zero-order valence-electron chi connectivity index (χ0n) is 34.6. The molecule has 0 bridgehead atoms. The Balaban J connectivity index is 0. The molecule has 0 saturated heterocycles. The van der Waals surface area contributed by atoms with E-state index in [1.807, 2.05) is 0 Å². The summed E-state index contributed by atoms with van der Waals surface area (Å²) in [6.07, 6.45) is 40.3. The molecule has 0 spiro atoms. The van der Waals surface area contributed by atoms with Crippen LogP contribution in [0, 0.1) is 0 Å². The summed E-state index contributed by atoms with van der Waals surface area (Å²) in [5.41, 5.74) is 5.32. The maximum Gasteiger partial charge on any atom is 0.472 e. The first-order valence-electron chi connectivity index (χ1n) is 20.7. The molecular formula is C42H74NNaO10P. The first-order valence-corrected chi connectivity index (χ1v) is 22.2. The van der Waals surface area contributed by atoms with E-state index in [0.717, 1.165) is 89.9 Å². The molecule has 0 rings (SSSR count). The van der Waals surface area contributed by atoms with Gasteiger partial charge in [-0.15, -0.1) is 0 Å². The van der Waals surface area contributed by atoms with Crippen LogP contribution in [-0.4, -0.2) is 89.4 Å². The summed E-state index contributed by atoms with van der Waals surface area (Å²) in [5, 5.41) is 8.87. The van der Waals surface area contributed by atoms with Crippen molar-refractivity contribution in [1.82, 2.24) is 0 Å². The molecule has 0 aromatic heterocycles. The fourth-order valence-electron chi connectivity index (χ4n) is 5.24. The van der Waals surface area contributed by atoms with Crippen molar-refractivity contribution < 1.29 is 47.5 Å². The van der Waals surface area contributed by atoms with Gasteiger partial charge in [0.1, 0.15) is 12.6 Å². The molecule has 0 aromatic rings. The first kappa shape index (κ1) is 55.5. The Bertz CT molecular complexity index is 1110. The Morgan fingerprint density at radius 2 is 0.982 bits per heavy atom. The second kappa shape index (κ2) is 40.6. The molecule has 13 heteroatoms. The average Bonchev–Trinajstić information content (AvgIpc) is 3.14. The Kier molecular flexibility index (Phi) is 41.0. The van der Waals surface area contributed by atoms with Gasteiger partial charge in [-0.1, -0.05) is 127 Å². The first-order chi connectivity index (χ1) is 26.1. The number of aliphatic carboxylic acids is 1. The van der Waals surface area contributed by atoms with Crippen LogP contribution in [0.5, 0.6) is 0 Å². The molecule has 313 valence electrons. The van der Waals surface area contributed by atoms with Gasteiger partial charge in [0.15, 0.2) is 6.10 Å². The summed E-state index contributed by atoms with van der Waals surface area (Å²) in [6.45, 7) is 2.71. The summed E-state index contributed by atoms with van der Waals surface area (Å²) in [7, 11) is -4.72. The zero-order valence-corrected chi connectivity index (χ0v) is 37.4. The van der Waals surface area contributed by atoms with E-state index in [1.165, 1.54) is 38.5 Å². The minimum atomic E-state index is -4.72. The Hall–Kier alpha value is -1.56. The fraction of sp³-hybridized carbons (Fsp3) is 0.738. The van der Waals surface area contributed by atoms with Gasteiger partial charge in [0, 0.05) is 42.4 Å². The molecule has 0 saturated carbocycles. The topological polar surface area (TPSA) is 172 Å². The van der Waals surface area contributed by atoms with Crippen LogP contribution in [0.1, 0.15) is 168 Å². The minimum absolute atomic E-state index is 0. The van der Waals surface area contributed by atoms with Crippen LogP contribution in [0.4, 0.5) is 0 Å². The van der Waals surface area contributed by atoms with Crippen LogP contribution in [-0.2, 0) is 37.5 Å². The number of hydrogen-bond donors (Lipinski definition) is 3. The second-order valence-electron chi connectivity index (χ2n) is 13.8. The van der Waals surface area contributed by atoms with Crippen LogP contribution >= 0.6 is 7.82 Å². The van der Waals surface area contributed by atoms with E-state index in [0.29, 0.717) is 12.8 Å². The smallest absolute Gasteiger partial charge is 0.472 e. The Morgan fingerprint density at radius 3 is 1.44 bits per heavy atom. The Morgan fingerprint density at radius 1 is 0.582 bits per heavy atom. The number of nitrogens with two attached hydrogens (primary N) is 1. The average molecular weight is 807 g/mol. The number of phosphoric ester groups is 1. The van der Waals surface area contributed by atoms with Gasteiger partial charge in [0.2, 0.25) is 0 Å². The summed E-state index contributed by atoms with van der Waals surface area (Å²) >= 11 is 0. The molecule has 11 nitrogen and oxygen atoms in total. The molecule has 1 radical (unpaired) electrons. The molecule has 0 aliphatic rings. The van der Waals surface area contributed by atoms with Gasteiger partial charge in [-0.25, -0.2) is 4.57 Å². The van der Waals surface area contributed by atoms with Crippen LogP contribution in [0.15, 0.2) is 48.6 Å². The van der Waals surface area contributed by atoms with Gasteiger partial charge < -0.3 is 25.2 Å². The molecule has 0 amide bonds. The van der Waals surface area contributed by atoms with Crippen LogP contribution in [0.25, 0.3) is 0 Å². The number of carboxylic acid groups (broad SMARTS) is 1. The molecule has 0 heterocycles. The van der Waals surface area contributed by atoms with Crippen molar-refractivity contribution >= 4 is 55.3 Å². The molecule has 1 unspecified atom stereocenters. The van der Waals surface area contributed by atoms with Gasteiger partial charge in [-0.3, -0.25) is 23.4 Å². The second-order valence-corrected chi connectivity index (χ2v) is 15.2. The van der Waals surface area contributed by atoms with Crippen molar-refractivity contribution in [3.8, 4) is 0 Å². The SMILES string of the molecule is CCCCC/C=C\C/C=C\CCCCCCCC(=O)OC[C@H](COP(=O)(O)OC[C@H](N)C(=O)O)OC(=O)CCCCCCC/C=C\C/C=C\CCCCC.[Na]. The minimum Gasteiger partial charge on any atom is -0.480 e. The summed E-state index contributed by atoms with van der Waals surface area (Å²) in [6, 6.07) is -1.53. The van der Waals surface area contributed by atoms with Gasteiger partial charge in [0.25, 0.3) is 0 Å². The number of allylic oxidation sites excluding steroid dienone is 8. The molecular weight excluding hydrogens is 732 g/mol. The number of unbranched alkanes of at least 4 members (excludes halogenated alkanes) is 16. The molecule has 3 atom stereocenters. The van der Waals surface area contributed by atoms with Gasteiger partial charge in [-0.05, 0) is 77.0 Å². The predicted octanol–water partition coefficient (Wildman–Crippen LogP) is 10.2.